The molecule has 0 aliphatic carbocycles. The van der Waals surface area contributed by atoms with Crippen LogP contribution in [-0.4, -0.2) is 25.6 Å². The van der Waals surface area contributed by atoms with Crippen LogP contribution < -0.4 is 5.11 Å². The first-order valence-corrected chi connectivity index (χ1v) is 3.57. The van der Waals surface area contributed by atoms with Crippen LogP contribution in [0, 0.1) is 6.92 Å². The third-order valence-electron chi connectivity index (χ3n) is 1.67. The van der Waals surface area contributed by atoms with E-state index < -0.39 is 5.97 Å². The molecule has 0 amide bonds. The van der Waals surface area contributed by atoms with Gasteiger partial charge in [0, 0.05) is 11.9 Å². The second kappa shape index (κ2) is 2.51. The van der Waals surface area contributed by atoms with E-state index in [0.717, 1.165) is 0 Å². The lowest BCUT2D eigenvalue weighted by atomic mass is 10.4. The van der Waals surface area contributed by atoms with Gasteiger partial charge in [-0.3, -0.25) is 9.38 Å². The summed E-state index contributed by atoms with van der Waals surface area (Å²) in [6.45, 7) is 1.72. The Morgan fingerprint density at radius 2 is 2.23 bits per heavy atom. The van der Waals surface area contributed by atoms with E-state index in [1.807, 2.05) is 0 Å². The number of fused-ring (bicyclic) bond motifs is 1. The molecule has 0 aliphatic heterocycles. The van der Waals surface area contributed by atoms with Crippen LogP contribution in [0.4, 0.5) is 0 Å². The normalized spacial score (nSPS) is 10.5. The SMILES string of the molecule is Cc1cncc2nnc(C(=O)[O-])n12. The lowest BCUT2D eigenvalue weighted by Gasteiger charge is -2.01. The molecular weight excluding hydrogens is 172 g/mol. The largest absolute Gasteiger partial charge is 0.541 e. The van der Waals surface area contributed by atoms with Crippen molar-refractivity contribution < 1.29 is 9.90 Å². The zero-order chi connectivity index (χ0) is 9.42. The van der Waals surface area contributed by atoms with Gasteiger partial charge < -0.3 is 9.90 Å². The smallest absolute Gasteiger partial charge is 0.184 e. The average molecular weight is 177 g/mol. The van der Waals surface area contributed by atoms with Crippen LogP contribution in [0.5, 0.6) is 0 Å². The van der Waals surface area contributed by atoms with Gasteiger partial charge in [-0.25, -0.2) is 0 Å². The third-order valence-corrected chi connectivity index (χ3v) is 1.67. The van der Waals surface area contributed by atoms with Crippen LogP contribution >= 0.6 is 0 Å². The van der Waals surface area contributed by atoms with Gasteiger partial charge in [0.2, 0.25) is 0 Å². The molecule has 0 bridgehead atoms. The second-order valence-corrected chi connectivity index (χ2v) is 2.55. The summed E-state index contributed by atoms with van der Waals surface area (Å²) >= 11 is 0. The van der Waals surface area contributed by atoms with E-state index in [-0.39, 0.29) is 5.82 Å². The molecule has 0 saturated carbocycles. The Morgan fingerprint density at radius 1 is 1.46 bits per heavy atom. The van der Waals surface area contributed by atoms with Crippen LogP contribution in [0.3, 0.4) is 0 Å². The topological polar surface area (TPSA) is 83.2 Å². The fourth-order valence-electron chi connectivity index (χ4n) is 1.13. The molecule has 0 fully saturated rings. The maximum absolute atomic E-state index is 10.6. The Kier molecular flexibility index (Phi) is 1.48. The Hall–Kier alpha value is -1.98. The number of hydrogen-bond donors (Lipinski definition) is 0. The van der Waals surface area contributed by atoms with Crippen molar-refractivity contribution in [2.75, 3.05) is 0 Å². The van der Waals surface area contributed by atoms with Gasteiger partial charge in [0.05, 0.1) is 6.20 Å². The lowest BCUT2D eigenvalue weighted by molar-refractivity contribution is -0.256. The maximum atomic E-state index is 10.6. The molecule has 0 radical (unpaired) electrons. The van der Waals surface area contributed by atoms with Crippen LogP contribution in [0.15, 0.2) is 12.4 Å². The van der Waals surface area contributed by atoms with Crippen molar-refractivity contribution in [1.82, 2.24) is 19.6 Å². The van der Waals surface area contributed by atoms with Crippen molar-refractivity contribution >= 4 is 11.6 Å². The number of carbonyl (C=O) groups is 1. The van der Waals surface area contributed by atoms with Crippen molar-refractivity contribution in [3.63, 3.8) is 0 Å². The summed E-state index contributed by atoms with van der Waals surface area (Å²) in [5.74, 6) is -1.54. The van der Waals surface area contributed by atoms with E-state index in [9.17, 15) is 9.90 Å². The van der Waals surface area contributed by atoms with Gasteiger partial charge >= 0.3 is 0 Å². The number of rotatable bonds is 1. The highest BCUT2D eigenvalue weighted by molar-refractivity contribution is 5.82. The van der Waals surface area contributed by atoms with E-state index >= 15 is 0 Å². The van der Waals surface area contributed by atoms with Crippen molar-refractivity contribution in [1.29, 1.82) is 0 Å². The highest BCUT2D eigenvalue weighted by Gasteiger charge is 2.07. The number of carbonyl (C=O) groups excluding carboxylic acids is 1. The van der Waals surface area contributed by atoms with Crippen LogP contribution in [0.2, 0.25) is 0 Å². The van der Waals surface area contributed by atoms with Crippen molar-refractivity contribution in [3.8, 4) is 0 Å². The van der Waals surface area contributed by atoms with Crippen LogP contribution in [0.25, 0.3) is 5.65 Å². The molecule has 66 valence electrons. The van der Waals surface area contributed by atoms with Crippen LogP contribution in [0.1, 0.15) is 16.3 Å². The monoisotopic (exact) mass is 177 g/mol. The molecule has 2 heterocycles. The molecule has 0 N–H and O–H groups in total. The summed E-state index contributed by atoms with van der Waals surface area (Å²) in [6, 6.07) is 0. The summed E-state index contributed by atoms with van der Waals surface area (Å²) in [4.78, 5) is 14.4. The Morgan fingerprint density at radius 3 is 2.92 bits per heavy atom. The molecule has 0 atom stereocenters. The van der Waals surface area contributed by atoms with Gasteiger partial charge in [-0.2, -0.15) is 0 Å². The maximum Gasteiger partial charge on any atom is 0.184 e. The number of carboxylic acid groups (broad SMARTS) is 1. The molecule has 2 aromatic heterocycles. The van der Waals surface area contributed by atoms with E-state index in [0.29, 0.717) is 11.3 Å². The second-order valence-electron chi connectivity index (χ2n) is 2.55. The quantitative estimate of drug-likeness (QED) is 0.546. The predicted molar refractivity (Wildman–Crippen MR) is 39.8 cm³/mol. The van der Waals surface area contributed by atoms with E-state index in [1.165, 1.54) is 16.8 Å². The van der Waals surface area contributed by atoms with Crippen LogP contribution in [-0.2, 0) is 0 Å². The molecule has 0 saturated heterocycles. The van der Waals surface area contributed by atoms with E-state index in [4.69, 9.17) is 0 Å². The number of nitrogens with zero attached hydrogens (tertiary/aromatic N) is 4. The lowest BCUT2D eigenvalue weighted by Crippen LogP contribution is -2.25. The van der Waals surface area contributed by atoms with E-state index in [2.05, 4.69) is 15.2 Å². The summed E-state index contributed by atoms with van der Waals surface area (Å²) in [7, 11) is 0. The summed E-state index contributed by atoms with van der Waals surface area (Å²) in [6.07, 6.45) is 2.97. The first-order valence-electron chi connectivity index (χ1n) is 3.57. The Balaban J connectivity index is 2.86. The zero-order valence-corrected chi connectivity index (χ0v) is 6.76. The minimum Gasteiger partial charge on any atom is -0.541 e. The third kappa shape index (κ3) is 1.03. The fraction of sp³-hybridized carbons (Fsp3) is 0.143. The molecule has 6 nitrogen and oxygen atoms in total. The van der Waals surface area contributed by atoms with Crippen molar-refractivity contribution in [2.45, 2.75) is 6.92 Å². The van der Waals surface area contributed by atoms with Gasteiger partial charge in [0.25, 0.3) is 0 Å². The van der Waals surface area contributed by atoms with Crippen molar-refractivity contribution in [2.24, 2.45) is 0 Å². The first-order chi connectivity index (χ1) is 6.20. The number of aryl methyl sites for hydroxylation is 1. The molecule has 2 rings (SSSR count). The summed E-state index contributed by atoms with van der Waals surface area (Å²) in [5, 5.41) is 17.7. The molecule has 0 aliphatic rings. The van der Waals surface area contributed by atoms with Gasteiger partial charge in [-0.15, -0.1) is 10.2 Å². The summed E-state index contributed by atoms with van der Waals surface area (Å²) in [5.41, 5.74) is 1.06. The predicted octanol–water partition coefficient (Wildman–Crippen LogP) is -1.20. The first kappa shape index (κ1) is 7.66. The Bertz CT molecular complexity index is 476. The minimum absolute atomic E-state index is 0.199. The zero-order valence-electron chi connectivity index (χ0n) is 6.76. The van der Waals surface area contributed by atoms with E-state index in [1.54, 1.807) is 6.92 Å². The number of aromatic nitrogens is 4. The molecule has 13 heavy (non-hydrogen) atoms. The molecule has 2 aromatic rings. The minimum atomic E-state index is -1.35. The van der Waals surface area contributed by atoms with Gasteiger partial charge in [0.1, 0.15) is 5.97 Å². The molecular formula is C7H5N4O2-. The standard InChI is InChI=1S/C7H6N4O2/c1-4-2-8-3-5-9-10-6(7(12)13)11(4)5/h2-3H,1H3,(H,12,13)/p-1. The number of hydrogen-bond acceptors (Lipinski definition) is 5. The number of carboxylic acids is 1. The average Bonchev–Trinajstić information content (AvgIpc) is 2.49. The Labute approximate surface area is 72.9 Å². The number of aromatic carboxylic acids is 1. The van der Waals surface area contributed by atoms with Gasteiger partial charge in [-0.1, -0.05) is 0 Å². The molecule has 0 unspecified atom stereocenters. The van der Waals surface area contributed by atoms with Gasteiger partial charge in [0.15, 0.2) is 11.5 Å². The van der Waals surface area contributed by atoms with Crippen molar-refractivity contribution in [3.05, 3.63) is 23.9 Å². The highest BCUT2D eigenvalue weighted by Crippen LogP contribution is 2.04. The highest BCUT2D eigenvalue weighted by atomic mass is 16.4. The molecule has 0 aromatic carbocycles. The molecule has 6 heteroatoms. The fourth-order valence-corrected chi connectivity index (χ4v) is 1.13. The van der Waals surface area contributed by atoms with Gasteiger partial charge in [-0.05, 0) is 6.92 Å². The summed E-state index contributed by atoms with van der Waals surface area (Å²) < 4.78 is 1.38. The molecule has 0 spiro atoms.